The topological polar surface area (TPSA) is 85.8 Å². The van der Waals surface area contributed by atoms with Crippen molar-refractivity contribution in [2.24, 2.45) is 11.7 Å². The summed E-state index contributed by atoms with van der Waals surface area (Å²) in [5, 5.41) is 2.89. The van der Waals surface area contributed by atoms with Crippen molar-refractivity contribution < 1.29 is 4.79 Å². The summed E-state index contributed by atoms with van der Waals surface area (Å²) in [5.41, 5.74) is 6.36. The molecule has 0 radical (unpaired) electrons. The van der Waals surface area contributed by atoms with Crippen LogP contribution < -0.4 is 11.1 Å². The van der Waals surface area contributed by atoms with Gasteiger partial charge in [-0.25, -0.2) is 9.97 Å². The van der Waals surface area contributed by atoms with Crippen molar-refractivity contribution in [1.29, 1.82) is 0 Å². The lowest BCUT2D eigenvalue weighted by atomic mass is 10.3. The van der Waals surface area contributed by atoms with Gasteiger partial charge in [-0.1, -0.05) is 0 Å². The number of amides is 1. The van der Waals surface area contributed by atoms with E-state index in [1.165, 1.54) is 0 Å². The highest BCUT2D eigenvalue weighted by atomic mass is 16.2. The van der Waals surface area contributed by atoms with E-state index < -0.39 is 0 Å². The third kappa shape index (κ3) is 2.22. The Morgan fingerprint density at radius 1 is 1.47 bits per heavy atom. The molecule has 1 aliphatic carbocycles. The van der Waals surface area contributed by atoms with E-state index in [-0.39, 0.29) is 17.9 Å². The zero-order valence-electron chi connectivity index (χ0n) is 10.6. The van der Waals surface area contributed by atoms with Crippen LogP contribution in [0.15, 0.2) is 30.7 Å². The second-order valence-corrected chi connectivity index (χ2v) is 4.71. The van der Waals surface area contributed by atoms with Gasteiger partial charge in [0, 0.05) is 24.6 Å². The Morgan fingerprint density at radius 2 is 2.26 bits per heavy atom. The van der Waals surface area contributed by atoms with Crippen LogP contribution >= 0.6 is 0 Å². The third-order valence-electron chi connectivity index (χ3n) is 3.28. The summed E-state index contributed by atoms with van der Waals surface area (Å²) in [5.74, 6) is 1.37. The number of aromatic nitrogens is 3. The minimum atomic E-state index is -0.0723. The van der Waals surface area contributed by atoms with E-state index in [2.05, 4.69) is 15.3 Å². The maximum Gasteiger partial charge on any atom is 0.229 e. The molecule has 0 saturated heterocycles. The molecule has 0 spiro atoms. The van der Waals surface area contributed by atoms with E-state index in [0.29, 0.717) is 11.5 Å². The number of nitrogens with one attached hydrogen (secondary N) is 1. The SMILES string of the molecule is Cc1nccn1-c1ncccc1NC(=O)C1CC1N. The minimum absolute atomic E-state index is 0.00453. The van der Waals surface area contributed by atoms with E-state index in [9.17, 15) is 4.79 Å². The molecule has 1 fully saturated rings. The number of aryl methyl sites for hydroxylation is 1. The third-order valence-corrected chi connectivity index (χ3v) is 3.28. The molecule has 3 N–H and O–H groups in total. The second-order valence-electron chi connectivity index (χ2n) is 4.71. The van der Waals surface area contributed by atoms with Crippen LogP contribution in [-0.4, -0.2) is 26.5 Å². The van der Waals surface area contributed by atoms with Crippen LogP contribution in [0.2, 0.25) is 0 Å². The fourth-order valence-electron chi connectivity index (χ4n) is 2.03. The number of nitrogens with zero attached hydrogens (tertiary/aromatic N) is 3. The molecular weight excluding hydrogens is 242 g/mol. The van der Waals surface area contributed by atoms with Crippen molar-refractivity contribution in [3.8, 4) is 5.82 Å². The molecule has 19 heavy (non-hydrogen) atoms. The van der Waals surface area contributed by atoms with Gasteiger partial charge >= 0.3 is 0 Å². The van der Waals surface area contributed by atoms with Gasteiger partial charge in [-0.2, -0.15) is 0 Å². The Morgan fingerprint density at radius 3 is 2.89 bits per heavy atom. The minimum Gasteiger partial charge on any atom is -0.327 e. The molecule has 2 aromatic heterocycles. The number of hydrogen-bond acceptors (Lipinski definition) is 4. The molecule has 0 aromatic carbocycles. The zero-order valence-corrected chi connectivity index (χ0v) is 10.6. The maximum atomic E-state index is 11.9. The first-order valence-electron chi connectivity index (χ1n) is 6.18. The number of carbonyl (C=O) groups is 1. The molecule has 2 atom stereocenters. The summed E-state index contributed by atoms with van der Waals surface area (Å²) in [7, 11) is 0. The van der Waals surface area contributed by atoms with E-state index >= 15 is 0 Å². The van der Waals surface area contributed by atoms with Gasteiger partial charge in [0.15, 0.2) is 5.82 Å². The summed E-state index contributed by atoms with van der Waals surface area (Å²) >= 11 is 0. The van der Waals surface area contributed by atoms with Gasteiger partial charge in [0.05, 0.1) is 11.6 Å². The second kappa shape index (κ2) is 4.47. The van der Waals surface area contributed by atoms with Crippen molar-refractivity contribution in [3.05, 3.63) is 36.5 Å². The standard InChI is InChI=1S/C13H15N5O/c1-8-15-5-6-18(8)12-11(3-2-4-16-12)17-13(19)9-7-10(9)14/h2-6,9-10H,7,14H2,1H3,(H,17,19). The van der Waals surface area contributed by atoms with Gasteiger partial charge in [0.1, 0.15) is 5.82 Å². The molecule has 6 heteroatoms. The number of pyridine rings is 1. The van der Waals surface area contributed by atoms with E-state index in [1.807, 2.05) is 23.8 Å². The number of carbonyl (C=O) groups excluding carboxylic acids is 1. The first-order chi connectivity index (χ1) is 9.16. The van der Waals surface area contributed by atoms with Crippen LogP contribution in [0.4, 0.5) is 5.69 Å². The van der Waals surface area contributed by atoms with Gasteiger partial charge in [-0.15, -0.1) is 0 Å². The number of nitrogens with two attached hydrogens (primary N) is 1. The molecule has 0 aliphatic heterocycles. The van der Waals surface area contributed by atoms with E-state index in [0.717, 1.165) is 12.2 Å². The fraction of sp³-hybridized carbons (Fsp3) is 0.308. The first-order valence-corrected chi connectivity index (χ1v) is 6.18. The van der Waals surface area contributed by atoms with Crippen molar-refractivity contribution in [2.75, 3.05) is 5.32 Å². The predicted octanol–water partition coefficient (Wildman–Crippen LogP) is 0.861. The average molecular weight is 257 g/mol. The lowest BCUT2D eigenvalue weighted by Gasteiger charge is -2.11. The number of rotatable bonds is 3. The Balaban J connectivity index is 1.90. The lowest BCUT2D eigenvalue weighted by molar-refractivity contribution is -0.117. The summed E-state index contributed by atoms with van der Waals surface area (Å²) in [6.45, 7) is 1.89. The molecule has 98 valence electrons. The van der Waals surface area contributed by atoms with Gasteiger partial charge < -0.3 is 11.1 Å². The Bertz CT molecular complexity index is 621. The highest BCUT2D eigenvalue weighted by Gasteiger charge is 2.40. The molecule has 6 nitrogen and oxygen atoms in total. The largest absolute Gasteiger partial charge is 0.327 e. The number of anilines is 1. The molecule has 2 heterocycles. The van der Waals surface area contributed by atoms with Crippen LogP contribution in [0.5, 0.6) is 0 Å². The lowest BCUT2D eigenvalue weighted by Crippen LogP contribution is -2.20. The van der Waals surface area contributed by atoms with Crippen molar-refractivity contribution in [3.63, 3.8) is 0 Å². The normalized spacial score (nSPS) is 21.2. The maximum absolute atomic E-state index is 11.9. The van der Waals surface area contributed by atoms with E-state index in [4.69, 9.17) is 5.73 Å². The average Bonchev–Trinajstić information content (AvgIpc) is 2.98. The summed E-state index contributed by atoms with van der Waals surface area (Å²) < 4.78 is 1.84. The Kier molecular flexibility index (Phi) is 2.79. The highest BCUT2D eigenvalue weighted by Crippen LogP contribution is 2.30. The Labute approximate surface area is 110 Å². The van der Waals surface area contributed by atoms with Crippen molar-refractivity contribution in [1.82, 2.24) is 14.5 Å². The molecule has 1 aliphatic rings. The van der Waals surface area contributed by atoms with Gasteiger partial charge in [-0.05, 0) is 25.5 Å². The van der Waals surface area contributed by atoms with Crippen LogP contribution in [0, 0.1) is 12.8 Å². The van der Waals surface area contributed by atoms with Crippen LogP contribution in [-0.2, 0) is 4.79 Å². The zero-order chi connectivity index (χ0) is 13.4. The van der Waals surface area contributed by atoms with Gasteiger partial charge in [-0.3, -0.25) is 9.36 Å². The highest BCUT2D eigenvalue weighted by molar-refractivity contribution is 5.96. The Hall–Kier alpha value is -2.21. The van der Waals surface area contributed by atoms with Crippen molar-refractivity contribution in [2.45, 2.75) is 19.4 Å². The summed E-state index contributed by atoms with van der Waals surface area (Å²) in [6.07, 6.45) is 5.96. The molecule has 3 rings (SSSR count). The van der Waals surface area contributed by atoms with Crippen molar-refractivity contribution >= 4 is 11.6 Å². The van der Waals surface area contributed by atoms with Crippen LogP contribution in [0.1, 0.15) is 12.2 Å². The monoisotopic (exact) mass is 257 g/mol. The molecule has 1 amide bonds. The molecule has 2 unspecified atom stereocenters. The summed E-state index contributed by atoms with van der Waals surface area (Å²) in [4.78, 5) is 20.4. The van der Waals surface area contributed by atoms with E-state index in [1.54, 1.807) is 18.5 Å². The quantitative estimate of drug-likeness (QED) is 0.854. The summed E-state index contributed by atoms with van der Waals surface area (Å²) in [6, 6.07) is 3.61. The first kappa shape index (κ1) is 11.9. The molecule has 1 saturated carbocycles. The van der Waals surface area contributed by atoms with Crippen LogP contribution in [0.3, 0.4) is 0 Å². The number of imidazole rings is 1. The fourth-order valence-corrected chi connectivity index (χ4v) is 2.03. The molecule has 2 aromatic rings. The number of hydrogen-bond donors (Lipinski definition) is 2. The smallest absolute Gasteiger partial charge is 0.229 e. The van der Waals surface area contributed by atoms with Crippen LogP contribution in [0.25, 0.3) is 5.82 Å². The predicted molar refractivity (Wildman–Crippen MR) is 70.8 cm³/mol. The molecule has 0 bridgehead atoms. The molecular formula is C13H15N5O. The van der Waals surface area contributed by atoms with Gasteiger partial charge in [0.2, 0.25) is 5.91 Å². The van der Waals surface area contributed by atoms with Gasteiger partial charge in [0.25, 0.3) is 0 Å².